The summed E-state index contributed by atoms with van der Waals surface area (Å²) in [5.41, 5.74) is 1.95. The monoisotopic (exact) mass is 245 g/mol. The number of rotatable bonds is 7. The summed E-state index contributed by atoms with van der Waals surface area (Å²) in [7, 11) is 0. The molecule has 0 saturated heterocycles. The first-order valence-electron chi connectivity index (χ1n) is 6.67. The molecular weight excluding hydrogens is 222 g/mol. The van der Waals surface area contributed by atoms with E-state index in [1.54, 1.807) is 0 Å². The van der Waals surface area contributed by atoms with E-state index in [0.29, 0.717) is 11.6 Å². The Balaban J connectivity index is 2.40. The van der Waals surface area contributed by atoms with Crippen molar-refractivity contribution in [3.8, 4) is 6.07 Å². The topological polar surface area (TPSA) is 39.1 Å². The standard InChI is InChI=1S/C15H23N3/c1-4-18(5-2)11-10-17-13(3)15-8-6-14(12-16)7-9-15/h6-9,13,17H,4-5,10-11H2,1-3H3. The normalized spacial score (nSPS) is 12.4. The molecule has 1 aromatic carbocycles. The number of benzene rings is 1. The second-order valence-electron chi connectivity index (χ2n) is 4.44. The van der Waals surface area contributed by atoms with Gasteiger partial charge in [-0.05, 0) is 37.7 Å². The van der Waals surface area contributed by atoms with Crippen LogP contribution in [0.5, 0.6) is 0 Å². The Labute approximate surface area is 110 Å². The maximum atomic E-state index is 8.75. The number of hydrogen-bond donors (Lipinski definition) is 1. The zero-order chi connectivity index (χ0) is 13.4. The lowest BCUT2D eigenvalue weighted by molar-refractivity contribution is 0.298. The fraction of sp³-hybridized carbons (Fsp3) is 0.533. The van der Waals surface area contributed by atoms with Crippen LogP contribution >= 0.6 is 0 Å². The predicted molar refractivity (Wildman–Crippen MR) is 75.4 cm³/mol. The fourth-order valence-electron chi connectivity index (χ4n) is 1.94. The van der Waals surface area contributed by atoms with Gasteiger partial charge in [0.1, 0.15) is 0 Å². The van der Waals surface area contributed by atoms with Crippen molar-refractivity contribution in [2.24, 2.45) is 0 Å². The van der Waals surface area contributed by atoms with Crippen molar-refractivity contribution in [3.05, 3.63) is 35.4 Å². The maximum Gasteiger partial charge on any atom is 0.0991 e. The van der Waals surface area contributed by atoms with Crippen molar-refractivity contribution >= 4 is 0 Å². The molecule has 0 heterocycles. The molecule has 0 fully saturated rings. The van der Waals surface area contributed by atoms with Crippen molar-refractivity contribution in [2.75, 3.05) is 26.2 Å². The van der Waals surface area contributed by atoms with Gasteiger partial charge in [-0.15, -0.1) is 0 Å². The van der Waals surface area contributed by atoms with Crippen LogP contribution in [0.25, 0.3) is 0 Å². The first-order valence-corrected chi connectivity index (χ1v) is 6.67. The third-order valence-corrected chi connectivity index (χ3v) is 3.31. The summed E-state index contributed by atoms with van der Waals surface area (Å²) < 4.78 is 0. The third kappa shape index (κ3) is 4.48. The second kappa shape index (κ2) is 7.86. The number of likely N-dealkylation sites (N-methyl/N-ethyl adjacent to an activating group) is 1. The zero-order valence-corrected chi connectivity index (χ0v) is 11.6. The lowest BCUT2D eigenvalue weighted by Crippen LogP contribution is -2.33. The van der Waals surface area contributed by atoms with Crippen LogP contribution in [0.3, 0.4) is 0 Å². The molecular formula is C15H23N3. The van der Waals surface area contributed by atoms with Gasteiger partial charge in [0.05, 0.1) is 11.6 Å². The Morgan fingerprint density at radius 2 is 1.83 bits per heavy atom. The summed E-state index contributed by atoms with van der Waals surface area (Å²) in [6.45, 7) is 10.8. The van der Waals surface area contributed by atoms with Gasteiger partial charge in [-0.3, -0.25) is 0 Å². The van der Waals surface area contributed by atoms with Crippen LogP contribution in [-0.2, 0) is 0 Å². The minimum absolute atomic E-state index is 0.327. The average Bonchev–Trinajstić information content (AvgIpc) is 2.43. The number of hydrogen-bond acceptors (Lipinski definition) is 3. The number of nitriles is 1. The summed E-state index contributed by atoms with van der Waals surface area (Å²) in [5, 5.41) is 12.3. The lowest BCUT2D eigenvalue weighted by Gasteiger charge is -2.20. The Bertz CT molecular complexity index is 374. The summed E-state index contributed by atoms with van der Waals surface area (Å²) in [6, 6.07) is 10.3. The molecule has 0 aliphatic carbocycles. The Morgan fingerprint density at radius 3 is 2.33 bits per heavy atom. The molecule has 1 rings (SSSR count). The van der Waals surface area contributed by atoms with Gasteiger partial charge < -0.3 is 10.2 Å². The zero-order valence-electron chi connectivity index (χ0n) is 11.6. The van der Waals surface area contributed by atoms with E-state index in [2.05, 4.69) is 37.1 Å². The van der Waals surface area contributed by atoms with E-state index in [9.17, 15) is 0 Å². The van der Waals surface area contributed by atoms with Crippen LogP contribution < -0.4 is 5.32 Å². The SMILES string of the molecule is CCN(CC)CCNC(C)c1ccc(C#N)cc1. The third-order valence-electron chi connectivity index (χ3n) is 3.31. The molecule has 0 amide bonds. The van der Waals surface area contributed by atoms with Crippen molar-refractivity contribution < 1.29 is 0 Å². The first kappa shape index (κ1) is 14.7. The molecule has 0 aliphatic heterocycles. The predicted octanol–water partition coefficient (Wildman–Crippen LogP) is 2.55. The highest BCUT2D eigenvalue weighted by atomic mass is 15.1. The molecule has 18 heavy (non-hydrogen) atoms. The first-order chi connectivity index (χ1) is 8.71. The summed E-state index contributed by atoms with van der Waals surface area (Å²) in [6.07, 6.45) is 0. The van der Waals surface area contributed by atoms with Crippen LogP contribution in [0.15, 0.2) is 24.3 Å². The van der Waals surface area contributed by atoms with Crippen molar-refractivity contribution in [3.63, 3.8) is 0 Å². The second-order valence-corrected chi connectivity index (χ2v) is 4.44. The molecule has 0 aromatic heterocycles. The summed E-state index contributed by atoms with van der Waals surface area (Å²) >= 11 is 0. The van der Waals surface area contributed by atoms with Gasteiger partial charge in [-0.25, -0.2) is 0 Å². The average molecular weight is 245 g/mol. The molecule has 0 radical (unpaired) electrons. The molecule has 0 aliphatic rings. The highest BCUT2D eigenvalue weighted by molar-refractivity contribution is 5.32. The molecule has 0 spiro atoms. The van der Waals surface area contributed by atoms with Gasteiger partial charge >= 0.3 is 0 Å². The Kier molecular flexibility index (Phi) is 6.42. The van der Waals surface area contributed by atoms with E-state index >= 15 is 0 Å². The van der Waals surface area contributed by atoms with Crippen LogP contribution in [-0.4, -0.2) is 31.1 Å². The summed E-state index contributed by atoms with van der Waals surface area (Å²) in [4.78, 5) is 2.40. The van der Waals surface area contributed by atoms with E-state index in [4.69, 9.17) is 5.26 Å². The van der Waals surface area contributed by atoms with E-state index in [0.717, 1.165) is 26.2 Å². The molecule has 1 atom stereocenters. The highest BCUT2D eigenvalue weighted by Gasteiger charge is 2.05. The molecule has 1 aromatic rings. The fourth-order valence-corrected chi connectivity index (χ4v) is 1.94. The molecule has 98 valence electrons. The molecule has 0 saturated carbocycles. The van der Waals surface area contributed by atoms with Gasteiger partial charge in [-0.2, -0.15) is 5.26 Å². The van der Waals surface area contributed by atoms with Gasteiger partial charge in [0.15, 0.2) is 0 Å². The Morgan fingerprint density at radius 1 is 1.22 bits per heavy atom. The van der Waals surface area contributed by atoms with Crippen LogP contribution in [0.1, 0.15) is 37.9 Å². The van der Waals surface area contributed by atoms with Gasteiger partial charge in [-0.1, -0.05) is 26.0 Å². The van der Waals surface area contributed by atoms with Crippen LogP contribution in [0, 0.1) is 11.3 Å². The minimum atomic E-state index is 0.327. The summed E-state index contributed by atoms with van der Waals surface area (Å²) in [5.74, 6) is 0. The quantitative estimate of drug-likeness (QED) is 0.802. The van der Waals surface area contributed by atoms with Crippen molar-refractivity contribution in [1.29, 1.82) is 5.26 Å². The van der Waals surface area contributed by atoms with Crippen molar-refractivity contribution in [1.82, 2.24) is 10.2 Å². The van der Waals surface area contributed by atoms with Crippen molar-refractivity contribution in [2.45, 2.75) is 26.8 Å². The molecule has 1 unspecified atom stereocenters. The largest absolute Gasteiger partial charge is 0.309 e. The van der Waals surface area contributed by atoms with E-state index in [-0.39, 0.29) is 0 Å². The molecule has 3 heteroatoms. The minimum Gasteiger partial charge on any atom is -0.309 e. The van der Waals surface area contributed by atoms with E-state index < -0.39 is 0 Å². The highest BCUT2D eigenvalue weighted by Crippen LogP contribution is 2.12. The smallest absolute Gasteiger partial charge is 0.0991 e. The van der Waals surface area contributed by atoms with E-state index in [1.807, 2.05) is 24.3 Å². The lowest BCUT2D eigenvalue weighted by atomic mass is 10.1. The van der Waals surface area contributed by atoms with E-state index in [1.165, 1.54) is 5.56 Å². The van der Waals surface area contributed by atoms with Crippen LogP contribution in [0.4, 0.5) is 0 Å². The number of nitrogens with one attached hydrogen (secondary N) is 1. The number of nitrogens with zero attached hydrogens (tertiary/aromatic N) is 2. The Hall–Kier alpha value is -1.37. The molecule has 3 nitrogen and oxygen atoms in total. The van der Waals surface area contributed by atoms with Gasteiger partial charge in [0.2, 0.25) is 0 Å². The molecule has 0 bridgehead atoms. The maximum absolute atomic E-state index is 8.75. The van der Waals surface area contributed by atoms with Crippen LogP contribution in [0.2, 0.25) is 0 Å². The molecule has 1 N–H and O–H groups in total. The van der Waals surface area contributed by atoms with Gasteiger partial charge in [0, 0.05) is 19.1 Å². The van der Waals surface area contributed by atoms with Gasteiger partial charge in [0.25, 0.3) is 0 Å².